The van der Waals surface area contributed by atoms with E-state index >= 15 is 0 Å². The second kappa shape index (κ2) is 9.06. The minimum absolute atomic E-state index is 0.290. The van der Waals surface area contributed by atoms with E-state index in [9.17, 15) is 9.59 Å². The standard InChI is InChI=1S/C24H24N2O3/c1-4-29-22-12-8-6-10-20(22)24(28)26-21-11-7-5-9-19(21)23(27)25-18-14-13-16(2)17(3)15-18/h5-15H,4H2,1-3H3,(H,25,27)(H,26,28). The first-order valence-corrected chi connectivity index (χ1v) is 9.50. The molecule has 2 N–H and O–H groups in total. The molecule has 0 aromatic heterocycles. The Bertz CT molecular complexity index is 1040. The first-order valence-electron chi connectivity index (χ1n) is 9.50. The van der Waals surface area contributed by atoms with Crippen LogP contribution in [-0.4, -0.2) is 18.4 Å². The molecule has 0 saturated heterocycles. The van der Waals surface area contributed by atoms with Gasteiger partial charge in [-0.25, -0.2) is 0 Å². The largest absolute Gasteiger partial charge is 0.493 e. The van der Waals surface area contributed by atoms with Gasteiger partial charge < -0.3 is 15.4 Å². The van der Waals surface area contributed by atoms with Gasteiger partial charge in [-0.2, -0.15) is 0 Å². The van der Waals surface area contributed by atoms with Crippen LogP contribution >= 0.6 is 0 Å². The number of aryl methyl sites for hydroxylation is 2. The van der Waals surface area contributed by atoms with Crippen LogP contribution in [0, 0.1) is 13.8 Å². The third-order valence-corrected chi connectivity index (χ3v) is 4.62. The zero-order valence-electron chi connectivity index (χ0n) is 16.8. The Hall–Kier alpha value is -3.60. The van der Waals surface area contributed by atoms with Crippen molar-refractivity contribution in [2.45, 2.75) is 20.8 Å². The molecule has 0 radical (unpaired) electrons. The molecule has 0 bridgehead atoms. The molecule has 2 amide bonds. The van der Waals surface area contributed by atoms with Gasteiger partial charge in [0.05, 0.1) is 23.4 Å². The van der Waals surface area contributed by atoms with Crippen molar-refractivity contribution in [3.05, 3.63) is 89.0 Å². The molecule has 0 aliphatic rings. The Balaban J connectivity index is 1.82. The summed E-state index contributed by atoms with van der Waals surface area (Å²) >= 11 is 0. The van der Waals surface area contributed by atoms with Crippen LogP contribution in [0.3, 0.4) is 0 Å². The molecular formula is C24H24N2O3. The topological polar surface area (TPSA) is 67.4 Å². The quantitative estimate of drug-likeness (QED) is 0.609. The average Bonchev–Trinajstić information content (AvgIpc) is 2.71. The molecule has 0 unspecified atom stereocenters. The van der Waals surface area contributed by atoms with E-state index in [0.29, 0.717) is 34.9 Å². The van der Waals surface area contributed by atoms with Crippen LogP contribution in [0.5, 0.6) is 5.75 Å². The fourth-order valence-electron chi connectivity index (χ4n) is 2.93. The Morgan fingerprint density at radius 2 is 1.45 bits per heavy atom. The molecule has 0 saturated carbocycles. The highest BCUT2D eigenvalue weighted by molar-refractivity contribution is 6.13. The highest BCUT2D eigenvalue weighted by atomic mass is 16.5. The highest BCUT2D eigenvalue weighted by Crippen LogP contribution is 2.23. The molecular weight excluding hydrogens is 364 g/mol. The van der Waals surface area contributed by atoms with Crippen molar-refractivity contribution in [3.8, 4) is 5.75 Å². The number of hydrogen-bond acceptors (Lipinski definition) is 3. The number of benzene rings is 3. The average molecular weight is 388 g/mol. The van der Waals surface area contributed by atoms with Gasteiger partial charge in [0, 0.05) is 5.69 Å². The first kappa shape index (κ1) is 20.1. The summed E-state index contributed by atoms with van der Waals surface area (Å²) in [7, 11) is 0. The zero-order valence-corrected chi connectivity index (χ0v) is 16.8. The van der Waals surface area contributed by atoms with Crippen LogP contribution < -0.4 is 15.4 Å². The van der Waals surface area contributed by atoms with E-state index in [4.69, 9.17) is 4.74 Å². The summed E-state index contributed by atoms with van der Waals surface area (Å²) in [6.45, 7) is 6.33. The Kier molecular flexibility index (Phi) is 6.29. The number of carbonyl (C=O) groups excluding carboxylic acids is 2. The van der Waals surface area contributed by atoms with E-state index < -0.39 is 0 Å². The minimum atomic E-state index is -0.333. The number of hydrogen-bond donors (Lipinski definition) is 2. The maximum atomic E-state index is 12.8. The second-order valence-corrected chi connectivity index (χ2v) is 6.68. The highest BCUT2D eigenvalue weighted by Gasteiger charge is 2.17. The molecule has 0 fully saturated rings. The van der Waals surface area contributed by atoms with Gasteiger partial charge in [-0.3, -0.25) is 9.59 Å². The maximum Gasteiger partial charge on any atom is 0.259 e. The SMILES string of the molecule is CCOc1ccccc1C(=O)Nc1ccccc1C(=O)Nc1ccc(C)c(C)c1. The number of ether oxygens (including phenoxy) is 1. The van der Waals surface area contributed by atoms with Crippen molar-refractivity contribution in [2.75, 3.05) is 17.2 Å². The van der Waals surface area contributed by atoms with Crippen LogP contribution in [0.25, 0.3) is 0 Å². The van der Waals surface area contributed by atoms with Crippen LogP contribution in [0.4, 0.5) is 11.4 Å². The predicted molar refractivity (Wildman–Crippen MR) is 116 cm³/mol. The lowest BCUT2D eigenvalue weighted by Crippen LogP contribution is -2.19. The van der Waals surface area contributed by atoms with Crippen molar-refractivity contribution in [1.29, 1.82) is 0 Å². The van der Waals surface area contributed by atoms with E-state index in [1.54, 1.807) is 42.5 Å². The van der Waals surface area contributed by atoms with Gasteiger partial charge in [-0.15, -0.1) is 0 Å². The molecule has 3 rings (SSSR count). The molecule has 5 nitrogen and oxygen atoms in total. The van der Waals surface area contributed by atoms with Gasteiger partial charge in [0.25, 0.3) is 11.8 Å². The molecule has 0 atom stereocenters. The van der Waals surface area contributed by atoms with E-state index in [2.05, 4.69) is 10.6 Å². The van der Waals surface area contributed by atoms with Gasteiger partial charge >= 0.3 is 0 Å². The van der Waals surface area contributed by atoms with E-state index in [1.165, 1.54) is 0 Å². The molecule has 3 aromatic carbocycles. The summed E-state index contributed by atoms with van der Waals surface area (Å²) in [6.07, 6.45) is 0. The molecule has 29 heavy (non-hydrogen) atoms. The number of carbonyl (C=O) groups is 2. The monoisotopic (exact) mass is 388 g/mol. The summed E-state index contributed by atoms with van der Waals surface area (Å²) in [5.74, 6) is -0.118. The van der Waals surface area contributed by atoms with Gasteiger partial charge in [-0.1, -0.05) is 30.3 Å². The molecule has 0 aliphatic heterocycles. The Morgan fingerprint density at radius 3 is 2.17 bits per heavy atom. The summed E-state index contributed by atoms with van der Waals surface area (Å²) in [4.78, 5) is 25.6. The number of rotatable bonds is 6. The number of para-hydroxylation sites is 2. The molecule has 148 valence electrons. The molecule has 3 aromatic rings. The third kappa shape index (κ3) is 4.82. The van der Waals surface area contributed by atoms with E-state index in [0.717, 1.165) is 11.1 Å². The number of nitrogens with one attached hydrogen (secondary N) is 2. The molecule has 0 spiro atoms. The summed E-state index contributed by atoms with van der Waals surface area (Å²) < 4.78 is 5.53. The van der Waals surface area contributed by atoms with Gasteiger partial charge in [0.15, 0.2) is 0 Å². The summed E-state index contributed by atoms with van der Waals surface area (Å²) in [6, 6.07) is 19.7. The minimum Gasteiger partial charge on any atom is -0.493 e. The lowest BCUT2D eigenvalue weighted by molar-refractivity contribution is 0.102. The van der Waals surface area contributed by atoms with Crippen molar-refractivity contribution >= 4 is 23.2 Å². The number of anilines is 2. The van der Waals surface area contributed by atoms with Gasteiger partial charge in [0.2, 0.25) is 0 Å². The second-order valence-electron chi connectivity index (χ2n) is 6.68. The molecule has 0 heterocycles. The van der Waals surface area contributed by atoms with Crippen LogP contribution in [-0.2, 0) is 0 Å². The van der Waals surface area contributed by atoms with Crippen molar-refractivity contribution in [2.24, 2.45) is 0 Å². The zero-order chi connectivity index (χ0) is 20.8. The summed E-state index contributed by atoms with van der Waals surface area (Å²) in [5.41, 5.74) is 4.19. The maximum absolute atomic E-state index is 12.8. The van der Waals surface area contributed by atoms with Crippen LogP contribution in [0.15, 0.2) is 66.7 Å². The van der Waals surface area contributed by atoms with Crippen molar-refractivity contribution in [1.82, 2.24) is 0 Å². The normalized spacial score (nSPS) is 10.3. The number of amides is 2. The van der Waals surface area contributed by atoms with Crippen LogP contribution in [0.2, 0.25) is 0 Å². The van der Waals surface area contributed by atoms with E-state index in [1.807, 2.05) is 45.0 Å². The van der Waals surface area contributed by atoms with Crippen LogP contribution in [0.1, 0.15) is 38.8 Å². The van der Waals surface area contributed by atoms with Crippen molar-refractivity contribution < 1.29 is 14.3 Å². The van der Waals surface area contributed by atoms with Crippen molar-refractivity contribution in [3.63, 3.8) is 0 Å². The van der Waals surface area contributed by atoms with Gasteiger partial charge in [0.1, 0.15) is 5.75 Å². The molecule has 0 aliphatic carbocycles. The fraction of sp³-hybridized carbons (Fsp3) is 0.167. The Labute approximate surface area is 170 Å². The lowest BCUT2D eigenvalue weighted by Gasteiger charge is -2.14. The predicted octanol–water partition coefficient (Wildman–Crippen LogP) is 5.21. The third-order valence-electron chi connectivity index (χ3n) is 4.62. The first-order chi connectivity index (χ1) is 14.0. The lowest BCUT2D eigenvalue weighted by atomic mass is 10.1. The molecule has 5 heteroatoms. The summed E-state index contributed by atoms with van der Waals surface area (Å²) in [5, 5.41) is 5.73. The smallest absolute Gasteiger partial charge is 0.259 e. The fourth-order valence-corrected chi connectivity index (χ4v) is 2.93. The Morgan fingerprint density at radius 1 is 0.793 bits per heavy atom. The van der Waals surface area contributed by atoms with Gasteiger partial charge in [-0.05, 0) is 68.3 Å². The van der Waals surface area contributed by atoms with E-state index in [-0.39, 0.29) is 11.8 Å².